The molecule has 2 atom stereocenters. The fraction of sp³-hybridized carbons (Fsp3) is 0.348. The minimum Gasteiger partial charge on any atom is -0.380 e. The van der Waals surface area contributed by atoms with Crippen LogP contribution in [0.5, 0.6) is 0 Å². The van der Waals surface area contributed by atoms with Gasteiger partial charge < -0.3 is 15.3 Å². The van der Waals surface area contributed by atoms with Crippen molar-refractivity contribution in [2.75, 3.05) is 5.32 Å². The Balaban J connectivity index is 1.78. The molecular formula is C23H26N2O4. The molecule has 1 amide bonds. The fourth-order valence-corrected chi connectivity index (χ4v) is 3.73. The summed E-state index contributed by atoms with van der Waals surface area (Å²) in [7, 11) is 0. The van der Waals surface area contributed by atoms with Gasteiger partial charge in [-0.15, -0.1) is 0 Å². The summed E-state index contributed by atoms with van der Waals surface area (Å²) in [4.78, 5) is 29.1. The van der Waals surface area contributed by atoms with Gasteiger partial charge in [0.15, 0.2) is 6.29 Å². The second-order valence-corrected chi connectivity index (χ2v) is 8.30. The molecule has 2 unspecified atom stereocenters. The molecule has 2 aromatic carbocycles. The third-order valence-electron chi connectivity index (χ3n) is 5.26. The van der Waals surface area contributed by atoms with Crippen LogP contribution in [0, 0.1) is 0 Å². The van der Waals surface area contributed by atoms with E-state index in [1.54, 1.807) is 25.1 Å². The molecule has 2 aromatic rings. The van der Waals surface area contributed by atoms with E-state index < -0.39 is 23.0 Å². The van der Waals surface area contributed by atoms with Crippen LogP contribution in [-0.2, 0) is 19.8 Å². The second-order valence-electron chi connectivity index (χ2n) is 8.30. The molecule has 0 saturated heterocycles. The molecule has 6 nitrogen and oxygen atoms in total. The molecule has 0 aromatic heterocycles. The van der Waals surface area contributed by atoms with E-state index in [0.29, 0.717) is 23.2 Å². The minimum absolute atomic E-state index is 0.252. The number of fused-ring (bicyclic) bond motifs is 1. The standard InChI is InChI=1S/C23H26N2O4/c1-15-19-12-17(10-11-18(19)20(13-26)29-25-15)24-21(27)23(4,28)14-22(2,3)16-8-6-5-7-9-16/h5-13,20,28H,14H2,1-4H3,(H,24,27). The van der Waals surface area contributed by atoms with Crippen LogP contribution in [0.1, 0.15) is 56.9 Å². The van der Waals surface area contributed by atoms with Crippen molar-refractivity contribution < 1.29 is 19.5 Å². The Morgan fingerprint density at radius 1 is 1.21 bits per heavy atom. The highest BCUT2D eigenvalue weighted by atomic mass is 16.6. The van der Waals surface area contributed by atoms with E-state index in [2.05, 4.69) is 10.5 Å². The molecule has 0 aliphatic carbocycles. The lowest BCUT2D eigenvalue weighted by molar-refractivity contribution is -0.134. The van der Waals surface area contributed by atoms with Gasteiger partial charge in [0.25, 0.3) is 5.91 Å². The van der Waals surface area contributed by atoms with Crippen LogP contribution in [0.25, 0.3) is 0 Å². The predicted octanol–water partition coefficient (Wildman–Crippen LogP) is 3.74. The molecule has 29 heavy (non-hydrogen) atoms. The lowest BCUT2D eigenvalue weighted by Crippen LogP contribution is -2.44. The van der Waals surface area contributed by atoms with Crippen LogP contribution in [0.4, 0.5) is 5.69 Å². The molecule has 0 saturated carbocycles. The summed E-state index contributed by atoms with van der Waals surface area (Å²) in [6.07, 6.45) is 0.180. The van der Waals surface area contributed by atoms with Gasteiger partial charge in [-0.3, -0.25) is 9.59 Å². The monoisotopic (exact) mass is 394 g/mol. The first-order chi connectivity index (χ1) is 13.6. The Morgan fingerprint density at radius 3 is 2.55 bits per heavy atom. The molecule has 0 radical (unpaired) electrons. The maximum Gasteiger partial charge on any atom is 0.256 e. The van der Waals surface area contributed by atoms with Gasteiger partial charge in [-0.2, -0.15) is 0 Å². The number of nitrogens with one attached hydrogen (secondary N) is 1. The molecule has 6 heteroatoms. The van der Waals surface area contributed by atoms with Crippen molar-refractivity contribution in [3.8, 4) is 0 Å². The number of hydrogen-bond donors (Lipinski definition) is 2. The number of carbonyl (C=O) groups excluding carboxylic acids is 2. The van der Waals surface area contributed by atoms with Crippen LogP contribution in [0.2, 0.25) is 0 Å². The first kappa shape index (κ1) is 20.7. The largest absolute Gasteiger partial charge is 0.380 e. The van der Waals surface area contributed by atoms with Crippen LogP contribution >= 0.6 is 0 Å². The Morgan fingerprint density at radius 2 is 1.90 bits per heavy atom. The molecule has 2 N–H and O–H groups in total. The van der Waals surface area contributed by atoms with Crippen molar-refractivity contribution >= 4 is 23.6 Å². The number of amides is 1. The van der Waals surface area contributed by atoms with Gasteiger partial charge in [-0.05, 0) is 43.4 Å². The summed E-state index contributed by atoms with van der Waals surface area (Å²) in [6.45, 7) is 7.29. The number of hydrogen-bond acceptors (Lipinski definition) is 5. The number of nitrogens with zero attached hydrogens (tertiary/aromatic N) is 1. The zero-order chi connectivity index (χ0) is 21.2. The Bertz CT molecular complexity index is 949. The highest BCUT2D eigenvalue weighted by Crippen LogP contribution is 2.33. The van der Waals surface area contributed by atoms with Crippen molar-refractivity contribution in [3.63, 3.8) is 0 Å². The number of aliphatic hydroxyl groups is 1. The number of rotatable bonds is 6. The Hall–Kier alpha value is -2.99. The number of oxime groups is 1. The van der Waals surface area contributed by atoms with Gasteiger partial charge in [-0.1, -0.05) is 55.4 Å². The smallest absolute Gasteiger partial charge is 0.256 e. The molecule has 152 valence electrons. The van der Waals surface area contributed by atoms with Gasteiger partial charge in [0.1, 0.15) is 5.60 Å². The summed E-state index contributed by atoms with van der Waals surface area (Å²) in [5.74, 6) is -0.491. The molecule has 0 spiro atoms. The van der Waals surface area contributed by atoms with Gasteiger partial charge in [-0.25, -0.2) is 0 Å². The van der Waals surface area contributed by atoms with E-state index in [9.17, 15) is 14.7 Å². The lowest BCUT2D eigenvalue weighted by Gasteiger charge is -2.33. The topological polar surface area (TPSA) is 88.0 Å². The number of carbonyl (C=O) groups is 2. The Labute approximate surface area is 170 Å². The average Bonchev–Trinajstić information content (AvgIpc) is 2.68. The normalized spacial score (nSPS) is 18.0. The number of benzene rings is 2. The van der Waals surface area contributed by atoms with Gasteiger partial charge in [0.2, 0.25) is 6.10 Å². The molecule has 3 rings (SSSR count). The van der Waals surface area contributed by atoms with Crippen molar-refractivity contribution in [2.24, 2.45) is 5.16 Å². The summed E-state index contributed by atoms with van der Waals surface area (Å²) >= 11 is 0. The molecule has 1 aliphatic rings. The molecule has 1 heterocycles. The van der Waals surface area contributed by atoms with E-state index in [1.807, 2.05) is 44.2 Å². The quantitative estimate of drug-likeness (QED) is 0.731. The fourth-order valence-electron chi connectivity index (χ4n) is 3.73. The third-order valence-corrected chi connectivity index (χ3v) is 5.26. The van der Waals surface area contributed by atoms with E-state index >= 15 is 0 Å². The van der Waals surface area contributed by atoms with Crippen LogP contribution in [0.15, 0.2) is 53.7 Å². The predicted molar refractivity (Wildman–Crippen MR) is 112 cm³/mol. The number of anilines is 1. The second kappa shape index (κ2) is 7.79. The molecular weight excluding hydrogens is 368 g/mol. The lowest BCUT2D eigenvalue weighted by atomic mass is 9.75. The van der Waals surface area contributed by atoms with Gasteiger partial charge in [0, 0.05) is 16.8 Å². The van der Waals surface area contributed by atoms with Crippen molar-refractivity contribution in [1.29, 1.82) is 0 Å². The third kappa shape index (κ3) is 4.38. The minimum atomic E-state index is -1.58. The summed E-state index contributed by atoms with van der Waals surface area (Å²) in [5, 5.41) is 17.6. The highest BCUT2D eigenvalue weighted by molar-refractivity contribution is 6.03. The SMILES string of the molecule is CC1=NOC(C=O)c2ccc(NC(=O)C(C)(O)CC(C)(C)c3ccccc3)cc21. The summed E-state index contributed by atoms with van der Waals surface area (Å²) in [6, 6.07) is 15.0. The first-order valence-corrected chi connectivity index (χ1v) is 9.53. The maximum absolute atomic E-state index is 12.8. The van der Waals surface area contributed by atoms with E-state index in [4.69, 9.17) is 4.84 Å². The van der Waals surface area contributed by atoms with E-state index in [0.717, 1.165) is 11.1 Å². The average molecular weight is 394 g/mol. The zero-order valence-electron chi connectivity index (χ0n) is 17.1. The van der Waals surface area contributed by atoms with Crippen LogP contribution < -0.4 is 5.32 Å². The first-order valence-electron chi connectivity index (χ1n) is 9.53. The highest BCUT2D eigenvalue weighted by Gasteiger charge is 2.38. The van der Waals surface area contributed by atoms with Gasteiger partial charge >= 0.3 is 0 Å². The molecule has 0 fully saturated rings. The Kier molecular flexibility index (Phi) is 5.57. The maximum atomic E-state index is 12.8. The molecule has 1 aliphatic heterocycles. The molecule has 0 bridgehead atoms. The van der Waals surface area contributed by atoms with Gasteiger partial charge in [0.05, 0.1) is 5.71 Å². The summed E-state index contributed by atoms with van der Waals surface area (Å²) < 4.78 is 0. The van der Waals surface area contributed by atoms with Crippen molar-refractivity contribution in [1.82, 2.24) is 0 Å². The van der Waals surface area contributed by atoms with Crippen molar-refractivity contribution in [3.05, 3.63) is 65.2 Å². The van der Waals surface area contributed by atoms with Crippen LogP contribution in [0.3, 0.4) is 0 Å². The van der Waals surface area contributed by atoms with E-state index in [-0.39, 0.29) is 6.42 Å². The zero-order valence-corrected chi connectivity index (χ0v) is 17.1. The van der Waals surface area contributed by atoms with E-state index in [1.165, 1.54) is 6.92 Å². The number of aldehydes is 1. The van der Waals surface area contributed by atoms with Crippen LogP contribution in [-0.4, -0.2) is 28.6 Å². The summed E-state index contributed by atoms with van der Waals surface area (Å²) in [5.41, 5.74) is 1.65. The van der Waals surface area contributed by atoms with Crippen molar-refractivity contribution in [2.45, 2.75) is 51.2 Å².